The predicted molar refractivity (Wildman–Crippen MR) is 93.4 cm³/mol. The first-order chi connectivity index (χ1) is 11.1. The number of allylic oxidation sites excluding steroid dienone is 1. The first-order valence-corrected chi connectivity index (χ1v) is 8.49. The van der Waals surface area contributed by atoms with Crippen molar-refractivity contribution >= 4 is 17.3 Å². The van der Waals surface area contributed by atoms with Crippen LogP contribution in [0.25, 0.3) is 5.70 Å². The van der Waals surface area contributed by atoms with Crippen LogP contribution in [0.3, 0.4) is 0 Å². The van der Waals surface area contributed by atoms with Crippen LogP contribution in [-0.4, -0.2) is 42.1 Å². The van der Waals surface area contributed by atoms with Gasteiger partial charge in [0.25, 0.3) is 0 Å². The smallest absolute Gasteiger partial charge is 0.233 e. The molecule has 1 aromatic carbocycles. The number of ketones is 2. The van der Waals surface area contributed by atoms with Crippen LogP contribution in [0.2, 0.25) is 0 Å². The van der Waals surface area contributed by atoms with Crippen molar-refractivity contribution in [3.63, 3.8) is 0 Å². The van der Waals surface area contributed by atoms with E-state index in [9.17, 15) is 9.59 Å². The van der Waals surface area contributed by atoms with Gasteiger partial charge in [0.15, 0.2) is 0 Å². The second kappa shape index (κ2) is 8.06. The van der Waals surface area contributed by atoms with Crippen LogP contribution >= 0.6 is 0 Å². The molecule has 0 spiro atoms. The largest absolute Gasteiger partial charge is 0.382 e. The summed E-state index contributed by atoms with van der Waals surface area (Å²) in [5.41, 5.74) is 2.11. The number of nitrogens with zero attached hydrogens (tertiary/aromatic N) is 1. The lowest BCUT2D eigenvalue weighted by Crippen LogP contribution is -2.35. The summed E-state index contributed by atoms with van der Waals surface area (Å²) in [4.78, 5) is 26.3. The third kappa shape index (κ3) is 4.08. The molecule has 4 nitrogen and oxygen atoms in total. The van der Waals surface area contributed by atoms with Crippen LogP contribution in [0, 0.1) is 0 Å². The summed E-state index contributed by atoms with van der Waals surface area (Å²) in [5, 5.41) is 3.48. The number of benzene rings is 1. The van der Waals surface area contributed by atoms with Gasteiger partial charge >= 0.3 is 0 Å². The second-order valence-electron chi connectivity index (χ2n) is 5.86. The summed E-state index contributed by atoms with van der Waals surface area (Å²) in [6.45, 7) is 9.60. The Balaban J connectivity index is 2.12. The molecular formula is C19H26N2O2. The molecule has 1 aliphatic carbocycles. The maximum atomic E-state index is 12.0. The van der Waals surface area contributed by atoms with E-state index in [1.54, 1.807) is 12.1 Å². The van der Waals surface area contributed by atoms with E-state index in [0.29, 0.717) is 5.56 Å². The number of nitrogens with one attached hydrogen (secondary N) is 1. The summed E-state index contributed by atoms with van der Waals surface area (Å²) in [7, 11) is 0. The fourth-order valence-corrected chi connectivity index (χ4v) is 2.92. The third-order valence-electron chi connectivity index (χ3n) is 4.50. The van der Waals surface area contributed by atoms with Crippen LogP contribution in [0.4, 0.5) is 0 Å². The van der Waals surface area contributed by atoms with E-state index in [2.05, 4.69) is 31.0 Å². The molecule has 1 aliphatic rings. The highest BCUT2D eigenvalue weighted by Crippen LogP contribution is 2.24. The summed E-state index contributed by atoms with van der Waals surface area (Å²) in [6, 6.07) is 7.60. The Labute approximate surface area is 138 Å². The maximum absolute atomic E-state index is 12.0. The molecule has 0 radical (unpaired) electrons. The molecule has 124 valence electrons. The summed E-state index contributed by atoms with van der Waals surface area (Å²) in [5.74, 6) is -0.855. The summed E-state index contributed by atoms with van der Waals surface area (Å²) < 4.78 is 0. The molecule has 0 amide bonds. The minimum atomic E-state index is -0.440. The van der Waals surface area contributed by atoms with Crippen LogP contribution in [0.15, 0.2) is 30.3 Å². The molecule has 2 rings (SSSR count). The van der Waals surface area contributed by atoms with E-state index >= 15 is 0 Å². The standard InChI is InChI=1S/C19H26N2O2/c1-4-14(11-12-21(5-2)6-3)20-17-13-18(22)19(23)16-10-8-7-9-15(16)17/h7-10,13-14,20H,4-6,11-12H2,1-3H3/t14-/m1/s1. The van der Waals surface area contributed by atoms with Gasteiger partial charge in [0, 0.05) is 35.5 Å². The molecule has 0 saturated carbocycles. The van der Waals surface area contributed by atoms with Gasteiger partial charge < -0.3 is 10.2 Å². The van der Waals surface area contributed by atoms with Gasteiger partial charge in [-0.05, 0) is 25.9 Å². The van der Waals surface area contributed by atoms with Gasteiger partial charge in [-0.3, -0.25) is 9.59 Å². The number of hydrogen-bond donors (Lipinski definition) is 1. The van der Waals surface area contributed by atoms with E-state index < -0.39 is 11.6 Å². The van der Waals surface area contributed by atoms with Gasteiger partial charge in [-0.15, -0.1) is 0 Å². The molecule has 1 N–H and O–H groups in total. The Bertz CT molecular complexity index is 603. The molecule has 0 saturated heterocycles. The molecule has 0 aliphatic heterocycles. The van der Waals surface area contributed by atoms with Crippen molar-refractivity contribution in [2.75, 3.05) is 19.6 Å². The number of rotatable bonds is 8. The monoisotopic (exact) mass is 314 g/mol. The zero-order valence-electron chi connectivity index (χ0n) is 14.3. The zero-order chi connectivity index (χ0) is 16.8. The second-order valence-corrected chi connectivity index (χ2v) is 5.86. The fourth-order valence-electron chi connectivity index (χ4n) is 2.92. The SMILES string of the molecule is CC[C@H](CCN(CC)CC)NC1=CC(=O)C(=O)c2ccccc21. The molecule has 23 heavy (non-hydrogen) atoms. The van der Waals surface area contributed by atoms with Gasteiger partial charge in [-0.1, -0.05) is 45.0 Å². The molecule has 4 heteroatoms. The lowest BCUT2D eigenvalue weighted by molar-refractivity contribution is -0.111. The number of carbonyl (C=O) groups excluding carboxylic acids is 2. The predicted octanol–water partition coefficient (Wildman–Crippen LogP) is 2.89. The van der Waals surface area contributed by atoms with E-state index in [-0.39, 0.29) is 6.04 Å². The van der Waals surface area contributed by atoms with Crippen molar-refractivity contribution in [2.24, 2.45) is 0 Å². The topological polar surface area (TPSA) is 49.4 Å². The normalized spacial score (nSPS) is 15.4. The van der Waals surface area contributed by atoms with Crippen molar-refractivity contribution in [1.29, 1.82) is 0 Å². The highest BCUT2D eigenvalue weighted by molar-refractivity contribution is 6.50. The molecule has 0 aromatic heterocycles. The first kappa shape index (κ1) is 17.4. The quantitative estimate of drug-likeness (QED) is 0.750. The number of fused-ring (bicyclic) bond motifs is 1. The minimum absolute atomic E-state index is 0.288. The zero-order valence-corrected chi connectivity index (χ0v) is 14.3. The van der Waals surface area contributed by atoms with Crippen molar-refractivity contribution in [3.05, 3.63) is 41.5 Å². The molecule has 1 aromatic rings. The van der Waals surface area contributed by atoms with Gasteiger partial charge in [-0.2, -0.15) is 0 Å². The number of hydrogen-bond acceptors (Lipinski definition) is 4. The van der Waals surface area contributed by atoms with Gasteiger partial charge in [0.2, 0.25) is 11.6 Å². The Morgan fingerprint density at radius 1 is 1.04 bits per heavy atom. The van der Waals surface area contributed by atoms with Crippen LogP contribution < -0.4 is 5.32 Å². The Hall–Kier alpha value is -1.94. The summed E-state index contributed by atoms with van der Waals surface area (Å²) >= 11 is 0. The van der Waals surface area contributed by atoms with Gasteiger partial charge in [0.05, 0.1) is 0 Å². The van der Waals surface area contributed by atoms with E-state index in [4.69, 9.17) is 0 Å². The number of Topliss-reactive ketones (excluding diaryl/α,β-unsaturated/α-hetero) is 1. The van der Waals surface area contributed by atoms with Crippen molar-refractivity contribution in [3.8, 4) is 0 Å². The average molecular weight is 314 g/mol. The maximum Gasteiger partial charge on any atom is 0.233 e. The summed E-state index contributed by atoms with van der Waals surface area (Å²) in [6.07, 6.45) is 3.44. The van der Waals surface area contributed by atoms with E-state index in [0.717, 1.165) is 43.7 Å². The Morgan fingerprint density at radius 2 is 1.70 bits per heavy atom. The van der Waals surface area contributed by atoms with Gasteiger partial charge in [-0.25, -0.2) is 0 Å². The Kier molecular flexibility index (Phi) is 6.11. The molecular weight excluding hydrogens is 288 g/mol. The number of carbonyl (C=O) groups is 2. The molecule has 1 atom stereocenters. The molecule has 0 bridgehead atoms. The van der Waals surface area contributed by atoms with Crippen LogP contribution in [-0.2, 0) is 4.79 Å². The highest BCUT2D eigenvalue weighted by atomic mass is 16.2. The lowest BCUT2D eigenvalue weighted by atomic mass is 9.92. The van der Waals surface area contributed by atoms with Crippen LogP contribution in [0.1, 0.15) is 49.5 Å². The van der Waals surface area contributed by atoms with Gasteiger partial charge in [0.1, 0.15) is 0 Å². The highest BCUT2D eigenvalue weighted by Gasteiger charge is 2.26. The molecule has 0 unspecified atom stereocenters. The lowest BCUT2D eigenvalue weighted by Gasteiger charge is -2.26. The van der Waals surface area contributed by atoms with Crippen LogP contribution in [0.5, 0.6) is 0 Å². The van der Waals surface area contributed by atoms with E-state index in [1.807, 2.05) is 12.1 Å². The third-order valence-corrected chi connectivity index (χ3v) is 4.50. The fraction of sp³-hybridized carbons (Fsp3) is 0.474. The average Bonchev–Trinajstić information content (AvgIpc) is 2.59. The van der Waals surface area contributed by atoms with Crippen molar-refractivity contribution < 1.29 is 9.59 Å². The Morgan fingerprint density at radius 3 is 2.30 bits per heavy atom. The van der Waals surface area contributed by atoms with Crippen molar-refractivity contribution in [2.45, 2.75) is 39.7 Å². The van der Waals surface area contributed by atoms with E-state index in [1.165, 1.54) is 6.08 Å². The van der Waals surface area contributed by atoms with Crippen molar-refractivity contribution in [1.82, 2.24) is 10.2 Å². The molecule has 0 fully saturated rings. The first-order valence-electron chi connectivity index (χ1n) is 8.49. The minimum Gasteiger partial charge on any atom is -0.382 e. The molecule has 0 heterocycles.